The first-order chi connectivity index (χ1) is 7.88. The van der Waals surface area contributed by atoms with Crippen LogP contribution < -0.4 is 4.72 Å². The van der Waals surface area contributed by atoms with Crippen LogP contribution in [0.25, 0.3) is 0 Å². The lowest BCUT2D eigenvalue weighted by Crippen LogP contribution is -2.23. The first kappa shape index (κ1) is 13.9. The Morgan fingerprint density at radius 1 is 1.29 bits per heavy atom. The number of ketones is 1. The van der Waals surface area contributed by atoms with E-state index >= 15 is 0 Å². The zero-order chi connectivity index (χ0) is 13.1. The second-order valence-corrected chi connectivity index (χ2v) is 5.67. The van der Waals surface area contributed by atoms with Crippen LogP contribution in [0.4, 0.5) is 0 Å². The van der Waals surface area contributed by atoms with Crippen LogP contribution in [-0.4, -0.2) is 20.7 Å². The summed E-state index contributed by atoms with van der Waals surface area (Å²) < 4.78 is 25.8. The fraction of sp³-hybridized carbons (Fsp3) is 0.417. The van der Waals surface area contributed by atoms with Crippen molar-refractivity contribution in [3.05, 3.63) is 29.8 Å². The van der Waals surface area contributed by atoms with E-state index in [0.29, 0.717) is 6.54 Å². The van der Waals surface area contributed by atoms with Crippen molar-refractivity contribution in [2.75, 3.05) is 6.54 Å². The van der Waals surface area contributed by atoms with Gasteiger partial charge in [-0.3, -0.25) is 4.79 Å². The van der Waals surface area contributed by atoms with Gasteiger partial charge in [0.05, 0.1) is 4.90 Å². The van der Waals surface area contributed by atoms with Gasteiger partial charge < -0.3 is 0 Å². The molecular weight excluding hydrogens is 238 g/mol. The van der Waals surface area contributed by atoms with Crippen molar-refractivity contribution in [3.63, 3.8) is 0 Å². The van der Waals surface area contributed by atoms with Crippen molar-refractivity contribution in [2.24, 2.45) is 0 Å². The first-order valence-corrected chi connectivity index (χ1v) is 6.97. The third-order valence-corrected chi connectivity index (χ3v) is 4.20. The van der Waals surface area contributed by atoms with E-state index in [1.807, 2.05) is 0 Å². The molecule has 1 aromatic rings. The van der Waals surface area contributed by atoms with Gasteiger partial charge in [-0.2, -0.15) is 0 Å². The smallest absolute Gasteiger partial charge is 0.240 e. The Kier molecular flexibility index (Phi) is 4.42. The highest BCUT2D eigenvalue weighted by atomic mass is 32.2. The van der Waals surface area contributed by atoms with E-state index in [1.54, 1.807) is 26.0 Å². The minimum Gasteiger partial charge on any atom is -0.299 e. The molecule has 0 heterocycles. The Morgan fingerprint density at radius 3 is 2.24 bits per heavy atom. The van der Waals surface area contributed by atoms with E-state index in [1.165, 1.54) is 19.1 Å². The molecular formula is C12H17NO3S. The summed E-state index contributed by atoms with van der Waals surface area (Å²) in [5.74, 6) is -0.141. The van der Waals surface area contributed by atoms with Gasteiger partial charge in [-0.15, -0.1) is 0 Å². The zero-order valence-corrected chi connectivity index (χ0v) is 11.0. The molecule has 0 amide bonds. The molecule has 0 aliphatic heterocycles. The monoisotopic (exact) mass is 255 g/mol. The van der Waals surface area contributed by atoms with Gasteiger partial charge in [0.2, 0.25) is 10.0 Å². The van der Waals surface area contributed by atoms with E-state index in [9.17, 15) is 13.2 Å². The van der Waals surface area contributed by atoms with Gasteiger partial charge in [-0.1, -0.05) is 26.0 Å². The third-order valence-electron chi connectivity index (χ3n) is 2.63. The molecule has 0 saturated heterocycles. The Hall–Kier alpha value is -1.20. The molecule has 0 saturated carbocycles. The molecule has 0 bridgehead atoms. The predicted octanol–water partition coefficient (Wildman–Crippen LogP) is 1.68. The van der Waals surface area contributed by atoms with E-state index in [0.717, 1.165) is 5.56 Å². The van der Waals surface area contributed by atoms with Crippen LogP contribution in [0.15, 0.2) is 29.2 Å². The van der Waals surface area contributed by atoms with Crippen molar-refractivity contribution < 1.29 is 13.2 Å². The number of sulfonamides is 1. The van der Waals surface area contributed by atoms with E-state index in [2.05, 4.69) is 4.72 Å². The average molecular weight is 255 g/mol. The minimum absolute atomic E-state index is 0.0623. The van der Waals surface area contributed by atoms with Gasteiger partial charge >= 0.3 is 0 Å². The predicted molar refractivity (Wildman–Crippen MR) is 66.4 cm³/mol. The van der Waals surface area contributed by atoms with Crippen LogP contribution in [0.5, 0.6) is 0 Å². The molecule has 94 valence electrons. The first-order valence-electron chi connectivity index (χ1n) is 5.48. The summed E-state index contributed by atoms with van der Waals surface area (Å²) in [4.78, 5) is 11.4. The highest BCUT2D eigenvalue weighted by Crippen LogP contribution is 2.18. The topological polar surface area (TPSA) is 63.2 Å². The van der Waals surface area contributed by atoms with Crippen LogP contribution in [0.1, 0.15) is 32.3 Å². The number of benzene rings is 1. The molecule has 1 aromatic carbocycles. The Labute approximate surface area is 102 Å². The van der Waals surface area contributed by atoms with E-state index in [-0.39, 0.29) is 16.6 Å². The lowest BCUT2D eigenvalue weighted by atomic mass is 9.98. The van der Waals surface area contributed by atoms with Gasteiger partial charge in [0.15, 0.2) is 0 Å². The summed E-state index contributed by atoms with van der Waals surface area (Å²) in [6.07, 6.45) is 0. The molecule has 5 heteroatoms. The van der Waals surface area contributed by atoms with E-state index < -0.39 is 10.0 Å². The van der Waals surface area contributed by atoms with Gasteiger partial charge in [-0.25, -0.2) is 13.1 Å². The molecule has 1 N–H and O–H groups in total. The van der Waals surface area contributed by atoms with Crippen molar-refractivity contribution >= 4 is 15.8 Å². The SMILES string of the molecule is CCNS(=O)(=O)c1ccc(C(C)C(C)=O)cc1. The molecule has 1 atom stereocenters. The third kappa shape index (κ3) is 3.38. The second kappa shape index (κ2) is 5.42. The summed E-state index contributed by atoms with van der Waals surface area (Å²) in [7, 11) is -3.41. The summed E-state index contributed by atoms with van der Waals surface area (Å²) >= 11 is 0. The Bertz CT molecular complexity index is 491. The molecule has 0 aliphatic rings. The van der Waals surface area contributed by atoms with E-state index in [4.69, 9.17) is 0 Å². The summed E-state index contributed by atoms with van der Waals surface area (Å²) in [5.41, 5.74) is 0.827. The summed E-state index contributed by atoms with van der Waals surface area (Å²) in [5, 5.41) is 0. The van der Waals surface area contributed by atoms with Crippen molar-refractivity contribution in [3.8, 4) is 0 Å². The number of rotatable bonds is 5. The molecule has 1 rings (SSSR count). The number of nitrogens with one attached hydrogen (secondary N) is 1. The highest BCUT2D eigenvalue weighted by molar-refractivity contribution is 7.89. The molecule has 0 aromatic heterocycles. The lowest BCUT2D eigenvalue weighted by Gasteiger charge is -2.09. The van der Waals surface area contributed by atoms with Gasteiger partial charge in [0.1, 0.15) is 5.78 Å². The largest absolute Gasteiger partial charge is 0.299 e. The summed E-state index contributed by atoms with van der Waals surface area (Å²) in [6, 6.07) is 6.39. The number of carbonyl (C=O) groups excluding carboxylic acids is 1. The fourth-order valence-corrected chi connectivity index (χ4v) is 2.48. The van der Waals surface area contributed by atoms with Crippen LogP contribution >= 0.6 is 0 Å². The molecule has 0 fully saturated rings. The second-order valence-electron chi connectivity index (χ2n) is 3.90. The number of carbonyl (C=O) groups is 1. The van der Waals surface area contributed by atoms with Crippen LogP contribution in [0, 0.1) is 0 Å². The van der Waals surface area contributed by atoms with Gasteiger partial charge in [0, 0.05) is 12.5 Å². The minimum atomic E-state index is -3.41. The van der Waals surface area contributed by atoms with Crippen molar-refractivity contribution in [2.45, 2.75) is 31.6 Å². The maximum atomic E-state index is 11.7. The van der Waals surface area contributed by atoms with Crippen LogP contribution in [0.2, 0.25) is 0 Å². The Morgan fingerprint density at radius 2 is 1.82 bits per heavy atom. The molecule has 4 nitrogen and oxygen atoms in total. The lowest BCUT2D eigenvalue weighted by molar-refractivity contribution is -0.118. The summed E-state index contributed by atoms with van der Waals surface area (Å²) in [6.45, 7) is 5.40. The van der Waals surface area contributed by atoms with Crippen LogP contribution in [0.3, 0.4) is 0 Å². The van der Waals surface area contributed by atoms with Gasteiger partial charge in [-0.05, 0) is 24.6 Å². The van der Waals surface area contributed by atoms with Crippen molar-refractivity contribution in [1.29, 1.82) is 0 Å². The molecule has 0 spiro atoms. The zero-order valence-electron chi connectivity index (χ0n) is 10.2. The molecule has 0 aliphatic carbocycles. The van der Waals surface area contributed by atoms with Crippen molar-refractivity contribution in [1.82, 2.24) is 4.72 Å². The average Bonchev–Trinajstić information content (AvgIpc) is 2.28. The molecule has 17 heavy (non-hydrogen) atoms. The molecule has 0 radical (unpaired) electrons. The quantitative estimate of drug-likeness (QED) is 0.870. The standard InChI is InChI=1S/C12H17NO3S/c1-4-13-17(15,16)12-7-5-11(6-8-12)9(2)10(3)14/h5-9,13H,4H2,1-3H3. The number of hydrogen-bond donors (Lipinski definition) is 1. The van der Waals surface area contributed by atoms with Crippen LogP contribution in [-0.2, 0) is 14.8 Å². The fourth-order valence-electron chi connectivity index (χ4n) is 1.44. The van der Waals surface area contributed by atoms with Gasteiger partial charge in [0.25, 0.3) is 0 Å². The maximum Gasteiger partial charge on any atom is 0.240 e. The normalized spacial score (nSPS) is 13.4. The molecule has 1 unspecified atom stereocenters. The highest BCUT2D eigenvalue weighted by Gasteiger charge is 2.14. The number of Topliss-reactive ketones (excluding diaryl/α,β-unsaturated/α-hetero) is 1. The Balaban J connectivity index is 3.00. The maximum absolute atomic E-state index is 11.7. The number of hydrogen-bond acceptors (Lipinski definition) is 3.